The van der Waals surface area contributed by atoms with Gasteiger partial charge in [0.25, 0.3) is 0 Å². The normalized spacial score (nSPS) is 15.9. The van der Waals surface area contributed by atoms with Gasteiger partial charge in [0, 0.05) is 28.4 Å². The van der Waals surface area contributed by atoms with Crippen LogP contribution in [0.2, 0.25) is 0 Å². The Hall–Kier alpha value is -3.78. The van der Waals surface area contributed by atoms with Crippen LogP contribution in [0, 0.1) is 0 Å². The molecule has 8 heteroatoms. The van der Waals surface area contributed by atoms with Gasteiger partial charge in [-0.05, 0) is 29.0 Å². The fraction of sp³-hybridized carbons (Fsp3) is 0.0870. The summed E-state index contributed by atoms with van der Waals surface area (Å²) in [6.45, 7) is 0. The lowest BCUT2D eigenvalue weighted by Crippen LogP contribution is -2.39. The van der Waals surface area contributed by atoms with Crippen molar-refractivity contribution in [3.8, 4) is 0 Å². The number of nitrogens with zero attached hydrogens (tertiary/aromatic N) is 2. The highest BCUT2D eigenvalue weighted by Crippen LogP contribution is 2.29. The second kappa shape index (κ2) is 8.16. The van der Waals surface area contributed by atoms with E-state index >= 15 is 0 Å². The maximum absolute atomic E-state index is 12.5. The van der Waals surface area contributed by atoms with E-state index in [1.807, 2.05) is 72.9 Å². The second-order valence-electron chi connectivity index (χ2n) is 7.14. The predicted molar refractivity (Wildman–Crippen MR) is 128 cm³/mol. The fourth-order valence-corrected chi connectivity index (χ4v) is 4.25. The number of fused-ring (bicyclic) bond motifs is 2. The zero-order chi connectivity index (χ0) is 21.2. The fourth-order valence-electron chi connectivity index (χ4n) is 3.56. The van der Waals surface area contributed by atoms with Crippen molar-refractivity contribution in [3.05, 3.63) is 78.5 Å². The molecule has 0 radical (unpaired) electrons. The molecule has 2 heterocycles. The molecule has 1 aliphatic rings. The zero-order valence-corrected chi connectivity index (χ0v) is 17.3. The first-order chi connectivity index (χ1) is 15.2. The van der Waals surface area contributed by atoms with Crippen molar-refractivity contribution in [1.29, 1.82) is 0 Å². The topological polar surface area (TPSA) is 108 Å². The highest BCUT2D eigenvalue weighted by Gasteiger charge is 2.20. The van der Waals surface area contributed by atoms with Crippen LogP contribution in [0.4, 0.5) is 5.69 Å². The maximum Gasteiger partial charge on any atom is 0.234 e. The zero-order valence-electron chi connectivity index (χ0n) is 16.5. The molecular weight excluding hydrogens is 408 g/mol. The molecule has 0 unspecified atom stereocenters. The minimum Gasteiger partial charge on any atom is -0.370 e. The van der Waals surface area contributed by atoms with E-state index in [4.69, 9.17) is 5.73 Å². The van der Waals surface area contributed by atoms with E-state index in [1.165, 1.54) is 11.8 Å². The number of nitrogens with one attached hydrogen (secondary N) is 3. The Bertz CT molecular complexity index is 1340. The molecule has 3 aromatic carbocycles. The van der Waals surface area contributed by atoms with Gasteiger partial charge in [0.15, 0.2) is 17.3 Å². The molecule has 0 aliphatic carbocycles. The molecule has 0 fully saturated rings. The minimum atomic E-state index is -0.455. The van der Waals surface area contributed by atoms with Crippen LogP contribution >= 0.6 is 11.8 Å². The van der Waals surface area contributed by atoms with E-state index in [1.54, 1.807) is 0 Å². The molecule has 1 amide bonds. The first kappa shape index (κ1) is 19.2. The van der Waals surface area contributed by atoms with Crippen LogP contribution in [0.5, 0.6) is 0 Å². The number of guanidine groups is 1. The van der Waals surface area contributed by atoms with E-state index in [0.717, 1.165) is 32.9 Å². The summed E-state index contributed by atoms with van der Waals surface area (Å²) in [5.41, 5.74) is 8.71. The van der Waals surface area contributed by atoms with E-state index in [-0.39, 0.29) is 17.6 Å². The molecule has 1 atom stereocenters. The molecule has 0 bridgehead atoms. The van der Waals surface area contributed by atoms with Crippen molar-refractivity contribution in [2.24, 2.45) is 15.7 Å². The Labute approximate surface area is 182 Å². The average Bonchev–Trinajstić information content (AvgIpc) is 3.22. The van der Waals surface area contributed by atoms with Gasteiger partial charge in [-0.3, -0.25) is 4.79 Å². The summed E-state index contributed by atoms with van der Waals surface area (Å²) in [6.07, 6.45) is 1.44. The number of carbonyl (C=O) groups excluding carboxylic acids is 1. The number of hydrogen-bond donors (Lipinski definition) is 4. The number of H-pyrrole nitrogens is 1. The molecule has 1 aromatic heterocycles. The molecule has 4 aromatic rings. The third kappa shape index (κ3) is 4.10. The Morgan fingerprint density at radius 3 is 2.74 bits per heavy atom. The van der Waals surface area contributed by atoms with Gasteiger partial charge in [0.1, 0.15) is 0 Å². The lowest BCUT2D eigenvalue weighted by Gasteiger charge is -2.18. The maximum atomic E-state index is 12.5. The van der Waals surface area contributed by atoms with Crippen LogP contribution in [-0.4, -0.2) is 27.8 Å². The van der Waals surface area contributed by atoms with E-state index in [0.29, 0.717) is 5.17 Å². The summed E-state index contributed by atoms with van der Waals surface area (Å²) >= 11 is 1.29. The monoisotopic (exact) mass is 428 g/mol. The Kier molecular flexibility index (Phi) is 5.05. The van der Waals surface area contributed by atoms with Crippen LogP contribution in [-0.2, 0) is 4.79 Å². The van der Waals surface area contributed by atoms with Gasteiger partial charge < -0.3 is 21.4 Å². The molecule has 7 nitrogen and oxygen atoms in total. The molecule has 5 rings (SSSR count). The number of aromatic nitrogens is 1. The molecule has 1 aliphatic heterocycles. The van der Waals surface area contributed by atoms with E-state index < -0.39 is 6.17 Å². The largest absolute Gasteiger partial charge is 0.370 e. The number of rotatable bonds is 4. The second-order valence-corrected chi connectivity index (χ2v) is 8.10. The predicted octanol–water partition coefficient (Wildman–Crippen LogP) is 3.97. The Morgan fingerprint density at radius 1 is 1.03 bits per heavy atom. The van der Waals surface area contributed by atoms with Crippen molar-refractivity contribution < 1.29 is 4.79 Å². The summed E-state index contributed by atoms with van der Waals surface area (Å²) in [5.74, 6) is 0.365. The number of carbonyl (C=O) groups is 1. The van der Waals surface area contributed by atoms with E-state index in [2.05, 4.69) is 25.6 Å². The standard InChI is InChI=1S/C23H20N6OS/c24-22-27-21(18-12-25-19-8-4-3-7-17(18)19)28-23(29-22)31-13-20(30)26-16-10-9-14-5-1-2-6-15(14)11-16/h1-12,21,25H,13H2,(H,26,30)(H3,24,27,28,29)/t21-/m1/s1. The number of aromatic amines is 1. The number of thioether (sulfide) groups is 1. The number of hydrogen-bond acceptors (Lipinski definition) is 6. The first-order valence-corrected chi connectivity index (χ1v) is 10.8. The summed E-state index contributed by atoms with van der Waals surface area (Å²) in [5, 5.41) is 9.72. The number of benzene rings is 3. The third-order valence-electron chi connectivity index (χ3n) is 5.01. The molecular formula is C23H20N6OS. The number of para-hydroxylation sites is 1. The van der Waals surface area contributed by atoms with Gasteiger partial charge in [-0.1, -0.05) is 60.3 Å². The van der Waals surface area contributed by atoms with Crippen molar-refractivity contribution in [2.75, 3.05) is 11.1 Å². The number of anilines is 1. The van der Waals surface area contributed by atoms with Crippen molar-refractivity contribution in [3.63, 3.8) is 0 Å². The molecule has 0 saturated carbocycles. The number of aliphatic imine (C=N–C) groups is 2. The van der Waals surface area contributed by atoms with Crippen molar-refractivity contribution >= 4 is 56.2 Å². The molecule has 0 spiro atoms. The molecule has 0 saturated heterocycles. The molecule has 31 heavy (non-hydrogen) atoms. The quantitative estimate of drug-likeness (QED) is 0.394. The van der Waals surface area contributed by atoms with Gasteiger partial charge in [0.2, 0.25) is 5.91 Å². The number of amidine groups is 1. The van der Waals surface area contributed by atoms with Crippen LogP contribution in [0.1, 0.15) is 11.7 Å². The highest BCUT2D eigenvalue weighted by atomic mass is 32.2. The summed E-state index contributed by atoms with van der Waals surface area (Å²) in [4.78, 5) is 24.8. The number of nitrogens with two attached hydrogens (primary N) is 1. The van der Waals surface area contributed by atoms with Crippen LogP contribution in [0.15, 0.2) is 82.9 Å². The smallest absolute Gasteiger partial charge is 0.234 e. The Morgan fingerprint density at radius 2 is 1.84 bits per heavy atom. The summed E-state index contributed by atoms with van der Waals surface area (Å²) < 4.78 is 0. The Balaban J connectivity index is 1.27. The van der Waals surface area contributed by atoms with Crippen LogP contribution < -0.4 is 16.4 Å². The van der Waals surface area contributed by atoms with Crippen LogP contribution in [0.25, 0.3) is 21.7 Å². The van der Waals surface area contributed by atoms with Gasteiger partial charge in [-0.25, -0.2) is 9.98 Å². The number of amides is 1. The SMILES string of the molecule is NC1=N[C@@H](c2c[nH]c3ccccc23)N=C(SCC(=O)Nc2ccc3ccccc3c2)N1. The van der Waals surface area contributed by atoms with Crippen molar-refractivity contribution in [1.82, 2.24) is 10.3 Å². The first-order valence-electron chi connectivity index (χ1n) is 9.81. The van der Waals surface area contributed by atoms with Gasteiger partial charge in [0.05, 0.1) is 5.75 Å². The van der Waals surface area contributed by atoms with Crippen molar-refractivity contribution in [2.45, 2.75) is 6.17 Å². The third-order valence-corrected chi connectivity index (χ3v) is 5.90. The summed E-state index contributed by atoms with van der Waals surface area (Å²) in [7, 11) is 0. The molecule has 154 valence electrons. The molecule has 5 N–H and O–H groups in total. The van der Waals surface area contributed by atoms with E-state index in [9.17, 15) is 4.79 Å². The summed E-state index contributed by atoms with van der Waals surface area (Å²) in [6, 6.07) is 21.9. The lowest BCUT2D eigenvalue weighted by molar-refractivity contribution is -0.113. The van der Waals surface area contributed by atoms with Gasteiger partial charge >= 0.3 is 0 Å². The van der Waals surface area contributed by atoms with Gasteiger partial charge in [-0.15, -0.1) is 0 Å². The highest BCUT2D eigenvalue weighted by molar-refractivity contribution is 8.14. The van der Waals surface area contributed by atoms with Gasteiger partial charge in [-0.2, -0.15) is 0 Å². The van der Waals surface area contributed by atoms with Crippen LogP contribution in [0.3, 0.4) is 0 Å². The lowest BCUT2D eigenvalue weighted by atomic mass is 10.1. The average molecular weight is 429 g/mol. The minimum absolute atomic E-state index is 0.116.